The summed E-state index contributed by atoms with van der Waals surface area (Å²) in [5.74, 6) is -12.0. The zero-order chi connectivity index (χ0) is 58.7. The number of hydrogen-bond acceptors (Lipinski definition) is 13. The second-order valence-corrected chi connectivity index (χ2v) is 21.3. The van der Waals surface area contributed by atoms with Crippen LogP contribution in [0.5, 0.6) is 0 Å². The highest BCUT2D eigenvalue weighted by Crippen LogP contribution is 2.35. The van der Waals surface area contributed by atoms with Gasteiger partial charge in [0.1, 0.15) is 60.5 Å². The molecule has 28 nitrogen and oxygen atoms in total. The predicted octanol–water partition coefficient (Wildman–Crippen LogP) is -2.30. The number of imidazole rings is 1. The van der Waals surface area contributed by atoms with Gasteiger partial charge in [0.25, 0.3) is 0 Å². The number of benzene rings is 1. The third-order valence-corrected chi connectivity index (χ3v) is 14.4. The van der Waals surface area contributed by atoms with Crippen molar-refractivity contribution >= 4 is 82.0 Å². The predicted molar refractivity (Wildman–Crippen MR) is 287 cm³/mol. The molecule has 80 heavy (non-hydrogen) atoms. The van der Waals surface area contributed by atoms with Crippen LogP contribution in [0.4, 0.5) is 0 Å². The van der Waals surface area contributed by atoms with Crippen LogP contribution in [0.15, 0.2) is 35.7 Å². The van der Waals surface area contributed by atoms with Gasteiger partial charge in [-0.05, 0) is 55.1 Å². The lowest BCUT2D eigenvalue weighted by molar-refractivity contribution is -0.147. The van der Waals surface area contributed by atoms with Gasteiger partial charge in [-0.3, -0.25) is 57.5 Å². The Morgan fingerprint density at radius 2 is 1.54 bits per heavy atom. The maximum Gasteiger partial charge on any atom is 0.326 e. The molecule has 0 aliphatic carbocycles. The summed E-state index contributed by atoms with van der Waals surface area (Å²) in [6.07, 6.45) is 1.90. The third kappa shape index (κ3) is 15.6. The number of aromatic nitrogens is 3. The van der Waals surface area contributed by atoms with Crippen LogP contribution in [0.1, 0.15) is 109 Å². The van der Waals surface area contributed by atoms with Gasteiger partial charge < -0.3 is 74.5 Å². The van der Waals surface area contributed by atoms with Gasteiger partial charge in [0.15, 0.2) is 5.96 Å². The molecule has 2 aromatic heterocycles. The second-order valence-electron chi connectivity index (χ2n) is 21.3. The number of aliphatic carboxylic acids is 2. The summed E-state index contributed by atoms with van der Waals surface area (Å²) < 4.78 is 1.51. The highest BCUT2D eigenvalue weighted by Gasteiger charge is 2.41. The molecule has 1 saturated heterocycles. The first-order valence-electron chi connectivity index (χ1n) is 26.7. The van der Waals surface area contributed by atoms with Crippen LogP contribution in [0.25, 0.3) is 16.7 Å². The number of guanidine groups is 1. The standard InChI is InChI=1S/C52H73N15O13/c1-7-25(6)41-49(77)63-35-18-29-28-11-10-26(40(24(4)5)42(66-45(73)31-12-13-37(68)58-31)50(78)62-33(15-23(2)3)48(76)65-41)16-32(28)60-43(29)67-21-27(57-22-67)17-34(46(74)64-36(51(79)80)19-39(70)71)59-38(69)20-56-44(72)30(61-47(35)75)9-8-14-55-52(53)54/h10-11,16,21-25,30-31,33-36,40-42,60H,7-9,12-15,17-20H2,1-6H3,(H,56,72)(H,58,68)(H,59,69)(H,61,75)(H,62,78)(H,63,77)(H,64,74)(H,65,76)(H,66,73)(H,70,71)(H,79,80)(H4,53,54,55)/t25-,30-,31-,33-,34+,35-,36-,40+,41-,42-/m0/s1. The number of carboxylic acids is 2. The van der Waals surface area contributed by atoms with Crippen LogP contribution in [0.2, 0.25) is 0 Å². The molecule has 10 atom stereocenters. The molecule has 9 amide bonds. The van der Waals surface area contributed by atoms with Gasteiger partial charge in [0.2, 0.25) is 53.2 Å². The summed E-state index contributed by atoms with van der Waals surface area (Å²) in [4.78, 5) is 163. The van der Waals surface area contributed by atoms with Crippen molar-refractivity contribution < 1.29 is 63.0 Å². The van der Waals surface area contributed by atoms with E-state index in [0.29, 0.717) is 28.5 Å². The minimum absolute atomic E-state index is 0.0180. The highest BCUT2D eigenvalue weighted by molar-refractivity contribution is 6.00. The van der Waals surface area contributed by atoms with Crippen molar-refractivity contribution in [3.63, 3.8) is 0 Å². The number of nitrogens with zero attached hydrogens (tertiary/aromatic N) is 3. The van der Waals surface area contributed by atoms with Crippen LogP contribution in [0.3, 0.4) is 0 Å². The van der Waals surface area contributed by atoms with Crippen molar-refractivity contribution in [2.45, 2.75) is 154 Å². The Bertz CT molecular complexity index is 2890. The quantitative estimate of drug-likeness (QED) is 0.0310. The van der Waals surface area contributed by atoms with Gasteiger partial charge in [-0.15, -0.1) is 0 Å². The number of carboxylic acid groups (broad SMARTS) is 2. The molecule has 1 aromatic carbocycles. The monoisotopic (exact) mass is 1120 g/mol. The van der Waals surface area contributed by atoms with Crippen LogP contribution in [-0.4, -0.2) is 157 Å². The lowest BCUT2D eigenvalue weighted by Gasteiger charge is -2.33. The molecule has 0 spiro atoms. The SMILES string of the molecule is CC[C@H](C)[C@@H]1NC(=O)[C@H](CC(C)C)NC(=O)[C@@H](NC(=O)[C@@H]2CCC(=O)N2)[C@H](C(C)C)c2ccc3c4c([nH]c3c2)-n2cnc(c2)C[C@H](C(=O)N[C@@H](CC(=O)O)C(=O)O)NC(=O)CNC(=O)[C@H](CCCN=C(N)N)NC(=O)[C@H](C4)NC1=O. The van der Waals surface area contributed by atoms with E-state index >= 15 is 4.79 Å². The number of carbonyl (C=O) groups is 11. The first-order chi connectivity index (χ1) is 37.8. The van der Waals surface area contributed by atoms with E-state index in [2.05, 4.69) is 62.8 Å². The van der Waals surface area contributed by atoms with Gasteiger partial charge in [-0.1, -0.05) is 60.1 Å². The normalized spacial score (nSPS) is 24.1. The highest BCUT2D eigenvalue weighted by atomic mass is 16.4. The average Bonchev–Trinajstić information content (AvgIpc) is 4.16. The molecule has 28 heteroatoms. The minimum Gasteiger partial charge on any atom is -0.481 e. The zero-order valence-electron chi connectivity index (χ0n) is 45.5. The fraction of sp³-hybridized carbons (Fsp3) is 0.558. The average molecular weight is 1120 g/mol. The Labute approximate surface area is 460 Å². The molecule has 16 N–H and O–H groups in total. The van der Waals surface area contributed by atoms with E-state index in [-0.39, 0.29) is 80.3 Å². The second kappa shape index (κ2) is 26.8. The number of H-pyrrole nitrogens is 1. The van der Waals surface area contributed by atoms with Gasteiger partial charge in [0, 0.05) is 54.4 Å². The fourth-order valence-corrected chi connectivity index (χ4v) is 10.1. The molecule has 0 saturated carbocycles. The number of aliphatic imine (C=N–C) groups is 1. The summed E-state index contributed by atoms with van der Waals surface area (Å²) >= 11 is 0. The van der Waals surface area contributed by atoms with Crippen LogP contribution in [-0.2, 0) is 65.6 Å². The summed E-state index contributed by atoms with van der Waals surface area (Å²) in [5, 5.41) is 43.6. The maximum atomic E-state index is 15.0. The Morgan fingerprint density at radius 3 is 2.17 bits per heavy atom. The molecule has 1 fully saturated rings. The molecule has 3 aromatic rings. The number of nitrogens with two attached hydrogens (primary N) is 2. The number of hydrogen-bond donors (Lipinski definition) is 14. The number of aromatic amines is 1. The van der Waals surface area contributed by atoms with E-state index in [1.165, 1.54) is 17.1 Å². The van der Waals surface area contributed by atoms with Crippen LogP contribution in [0, 0.1) is 17.8 Å². The van der Waals surface area contributed by atoms with E-state index in [1.807, 2.05) is 27.7 Å². The first-order valence-corrected chi connectivity index (χ1v) is 26.7. The molecule has 4 aliphatic rings. The van der Waals surface area contributed by atoms with Crippen molar-refractivity contribution in [2.24, 2.45) is 34.2 Å². The topological polar surface area (TPSA) is 435 Å². The van der Waals surface area contributed by atoms with Crippen molar-refractivity contribution in [3.8, 4) is 5.82 Å². The van der Waals surface area contributed by atoms with Crippen molar-refractivity contribution in [1.82, 2.24) is 62.4 Å². The number of amides is 9. The van der Waals surface area contributed by atoms with E-state index < -0.39 is 139 Å². The van der Waals surface area contributed by atoms with E-state index in [9.17, 15) is 58.2 Å². The Hall–Kier alpha value is -8.59. The van der Waals surface area contributed by atoms with E-state index in [0.717, 1.165) is 0 Å². The maximum absolute atomic E-state index is 15.0. The molecule has 434 valence electrons. The number of fused-ring (bicyclic) bond motifs is 13. The van der Waals surface area contributed by atoms with Crippen LogP contribution < -0.4 is 59.3 Å². The van der Waals surface area contributed by atoms with Crippen LogP contribution >= 0.6 is 0 Å². The van der Waals surface area contributed by atoms with E-state index in [4.69, 9.17) is 11.5 Å². The minimum atomic E-state index is -1.90. The third-order valence-electron chi connectivity index (χ3n) is 14.4. The van der Waals surface area contributed by atoms with Crippen molar-refractivity contribution in [2.75, 3.05) is 13.1 Å². The van der Waals surface area contributed by atoms with Crippen molar-refractivity contribution in [1.29, 1.82) is 0 Å². The molecule has 0 unspecified atom stereocenters. The molecule has 4 aliphatic heterocycles. The molecule has 6 heterocycles. The molecule has 0 radical (unpaired) electrons. The van der Waals surface area contributed by atoms with Crippen molar-refractivity contribution in [3.05, 3.63) is 47.5 Å². The van der Waals surface area contributed by atoms with Gasteiger partial charge in [-0.25, -0.2) is 9.78 Å². The number of nitrogens with one attached hydrogen (secondary N) is 10. The van der Waals surface area contributed by atoms with Gasteiger partial charge in [0.05, 0.1) is 18.7 Å². The fourth-order valence-electron chi connectivity index (χ4n) is 10.1. The zero-order valence-corrected chi connectivity index (χ0v) is 45.5. The smallest absolute Gasteiger partial charge is 0.326 e. The summed E-state index contributed by atoms with van der Waals surface area (Å²) in [6, 6.07) is -6.00. The first kappa shape index (κ1) is 60.6. The summed E-state index contributed by atoms with van der Waals surface area (Å²) in [7, 11) is 0. The summed E-state index contributed by atoms with van der Waals surface area (Å²) in [5.41, 5.74) is 12.6. The Balaban J connectivity index is 1.58. The molecular formula is C52H73N15O13. The molecular weight excluding hydrogens is 1040 g/mol. The van der Waals surface area contributed by atoms with E-state index in [1.54, 1.807) is 32.0 Å². The molecule has 7 rings (SSSR count). The van der Waals surface area contributed by atoms with Gasteiger partial charge >= 0.3 is 11.9 Å². The largest absolute Gasteiger partial charge is 0.481 e. The number of carbonyl (C=O) groups excluding carboxylic acids is 9. The number of rotatable bonds is 16. The summed E-state index contributed by atoms with van der Waals surface area (Å²) in [6.45, 7) is 10.2. The lowest BCUT2D eigenvalue weighted by Crippen LogP contribution is -2.61. The Morgan fingerprint density at radius 1 is 0.825 bits per heavy atom. The Kier molecular flexibility index (Phi) is 20.3. The molecule has 7 bridgehead atoms. The van der Waals surface area contributed by atoms with Gasteiger partial charge in [-0.2, -0.15) is 0 Å². The lowest BCUT2D eigenvalue weighted by atomic mass is 9.81.